The molecule has 2 aromatic rings. The summed E-state index contributed by atoms with van der Waals surface area (Å²) in [6.45, 7) is 7.07. The number of nitrogens with one attached hydrogen (secondary N) is 4. The van der Waals surface area contributed by atoms with E-state index in [0.717, 1.165) is 18.5 Å². The number of anilines is 4. The van der Waals surface area contributed by atoms with Gasteiger partial charge >= 0.3 is 0 Å². The van der Waals surface area contributed by atoms with Gasteiger partial charge in [0.05, 0.1) is 26.4 Å². The van der Waals surface area contributed by atoms with Crippen molar-refractivity contribution in [2.75, 3.05) is 62.0 Å². The molecule has 1 amide bonds. The average molecular weight is 499 g/mol. The molecule has 1 heterocycles. The molecule has 0 aliphatic heterocycles. The number of ether oxygens (including phenoxy) is 2. The molecule has 6 N–H and O–H groups in total. The Morgan fingerprint density at radius 1 is 0.972 bits per heavy atom. The van der Waals surface area contributed by atoms with Crippen LogP contribution in [-0.2, 0) is 9.47 Å². The second-order valence-electron chi connectivity index (χ2n) is 8.43. The van der Waals surface area contributed by atoms with Crippen LogP contribution in [-0.4, -0.2) is 73.0 Å². The van der Waals surface area contributed by atoms with Gasteiger partial charge in [0.2, 0.25) is 17.8 Å². The number of amides is 1. The Kier molecular flexibility index (Phi) is 11.9. The minimum absolute atomic E-state index is 0.167. The molecule has 1 aliphatic rings. The van der Waals surface area contributed by atoms with E-state index in [0.29, 0.717) is 75.5 Å². The second kappa shape index (κ2) is 15.7. The van der Waals surface area contributed by atoms with Crippen LogP contribution in [0.3, 0.4) is 0 Å². The molecule has 0 bridgehead atoms. The summed E-state index contributed by atoms with van der Waals surface area (Å²) >= 11 is 0. The Morgan fingerprint density at radius 2 is 1.67 bits per heavy atom. The molecule has 1 aliphatic carbocycles. The fourth-order valence-electron chi connectivity index (χ4n) is 3.75. The highest BCUT2D eigenvalue weighted by atomic mass is 16.5. The number of hydrogen-bond donors (Lipinski definition) is 5. The minimum Gasteiger partial charge on any atom is -0.378 e. The van der Waals surface area contributed by atoms with Crippen molar-refractivity contribution in [3.05, 3.63) is 42.5 Å². The van der Waals surface area contributed by atoms with Crippen LogP contribution < -0.4 is 27.0 Å². The van der Waals surface area contributed by atoms with Crippen LogP contribution in [0.2, 0.25) is 0 Å². The van der Waals surface area contributed by atoms with Crippen molar-refractivity contribution >= 4 is 29.4 Å². The van der Waals surface area contributed by atoms with E-state index in [1.54, 1.807) is 18.2 Å². The van der Waals surface area contributed by atoms with Gasteiger partial charge in [-0.2, -0.15) is 15.0 Å². The fourth-order valence-corrected chi connectivity index (χ4v) is 3.75. The summed E-state index contributed by atoms with van der Waals surface area (Å²) in [5.74, 6) is 1.25. The first-order valence-corrected chi connectivity index (χ1v) is 12.6. The van der Waals surface area contributed by atoms with Crippen LogP contribution in [0.1, 0.15) is 42.5 Å². The van der Waals surface area contributed by atoms with Crippen LogP contribution in [0.4, 0.5) is 23.5 Å². The molecule has 1 saturated carbocycles. The van der Waals surface area contributed by atoms with Crippen LogP contribution in [0.25, 0.3) is 0 Å². The molecule has 0 unspecified atom stereocenters. The van der Waals surface area contributed by atoms with Gasteiger partial charge in [-0.1, -0.05) is 25.3 Å². The normalized spacial score (nSPS) is 13.7. The van der Waals surface area contributed by atoms with Crippen molar-refractivity contribution in [1.82, 2.24) is 20.3 Å². The zero-order valence-corrected chi connectivity index (χ0v) is 20.8. The Bertz CT molecular complexity index is 935. The van der Waals surface area contributed by atoms with Gasteiger partial charge in [-0.05, 0) is 37.1 Å². The van der Waals surface area contributed by atoms with Gasteiger partial charge in [0.1, 0.15) is 0 Å². The number of rotatable bonds is 16. The molecule has 0 radical (unpaired) electrons. The number of nitrogens with two attached hydrogens (primary N) is 1. The summed E-state index contributed by atoms with van der Waals surface area (Å²) in [4.78, 5) is 25.9. The second-order valence-corrected chi connectivity index (χ2v) is 8.43. The summed E-state index contributed by atoms with van der Waals surface area (Å²) in [5.41, 5.74) is 6.66. The predicted octanol–water partition coefficient (Wildman–Crippen LogP) is 2.68. The van der Waals surface area contributed by atoms with Crippen molar-refractivity contribution in [3.63, 3.8) is 0 Å². The molecular weight excluding hydrogens is 460 g/mol. The lowest BCUT2D eigenvalue weighted by Gasteiger charge is -2.23. The van der Waals surface area contributed by atoms with Crippen molar-refractivity contribution in [2.24, 2.45) is 5.73 Å². The SMILES string of the molecule is C=CCNc1nc(Nc2ccc(C(=O)NCCOCCOCCN)cc2)nc(NC2CCCCC2)n1. The highest BCUT2D eigenvalue weighted by Crippen LogP contribution is 2.22. The molecule has 0 saturated heterocycles. The zero-order chi connectivity index (χ0) is 25.4. The predicted molar refractivity (Wildman–Crippen MR) is 142 cm³/mol. The molecule has 1 aromatic heterocycles. The van der Waals surface area contributed by atoms with E-state index < -0.39 is 0 Å². The number of carbonyl (C=O) groups excluding carboxylic acids is 1. The lowest BCUT2D eigenvalue weighted by molar-refractivity contribution is 0.0511. The Labute approximate surface area is 212 Å². The number of benzene rings is 1. The maximum atomic E-state index is 12.4. The van der Waals surface area contributed by atoms with Crippen LogP contribution in [0.5, 0.6) is 0 Å². The maximum Gasteiger partial charge on any atom is 0.251 e. The van der Waals surface area contributed by atoms with Crippen LogP contribution in [0, 0.1) is 0 Å². The van der Waals surface area contributed by atoms with Gasteiger partial charge in [0, 0.05) is 36.9 Å². The smallest absolute Gasteiger partial charge is 0.251 e. The van der Waals surface area contributed by atoms with E-state index in [1.807, 2.05) is 12.1 Å². The molecule has 196 valence electrons. The first-order valence-electron chi connectivity index (χ1n) is 12.6. The summed E-state index contributed by atoms with van der Waals surface area (Å²) < 4.78 is 10.6. The van der Waals surface area contributed by atoms with E-state index >= 15 is 0 Å². The van der Waals surface area contributed by atoms with Gasteiger partial charge < -0.3 is 36.5 Å². The Balaban J connectivity index is 1.52. The number of carbonyl (C=O) groups is 1. The van der Waals surface area contributed by atoms with E-state index in [-0.39, 0.29) is 5.91 Å². The largest absolute Gasteiger partial charge is 0.378 e. The molecule has 11 nitrogen and oxygen atoms in total. The molecule has 36 heavy (non-hydrogen) atoms. The van der Waals surface area contributed by atoms with E-state index in [9.17, 15) is 4.79 Å². The lowest BCUT2D eigenvalue weighted by Crippen LogP contribution is -2.27. The summed E-state index contributed by atoms with van der Waals surface area (Å²) in [5, 5.41) is 12.6. The van der Waals surface area contributed by atoms with E-state index in [1.165, 1.54) is 19.3 Å². The van der Waals surface area contributed by atoms with Gasteiger partial charge in [-0.15, -0.1) is 6.58 Å². The number of nitrogens with zero attached hydrogens (tertiary/aromatic N) is 3. The molecule has 1 aromatic carbocycles. The van der Waals surface area contributed by atoms with Gasteiger partial charge in [-0.25, -0.2) is 0 Å². The maximum absolute atomic E-state index is 12.4. The molecule has 0 spiro atoms. The minimum atomic E-state index is -0.167. The number of aromatic nitrogens is 3. The molecule has 3 rings (SSSR count). The molecule has 1 fully saturated rings. The Morgan fingerprint density at radius 3 is 2.39 bits per heavy atom. The monoisotopic (exact) mass is 498 g/mol. The van der Waals surface area contributed by atoms with E-state index in [4.69, 9.17) is 15.2 Å². The highest BCUT2D eigenvalue weighted by Gasteiger charge is 2.16. The third-order valence-electron chi connectivity index (χ3n) is 5.55. The molecule has 11 heteroatoms. The van der Waals surface area contributed by atoms with Crippen LogP contribution in [0.15, 0.2) is 36.9 Å². The van der Waals surface area contributed by atoms with Crippen molar-refractivity contribution < 1.29 is 14.3 Å². The quantitative estimate of drug-likeness (QED) is 0.173. The van der Waals surface area contributed by atoms with Crippen molar-refractivity contribution in [3.8, 4) is 0 Å². The molecule has 0 atom stereocenters. The summed E-state index contributed by atoms with van der Waals surface area (Å²) in [7, 11) is 0. The van der Waals surface area contributed by atoms with Crippen molar-refractivity contribution in [1.29, 1.82) is 0 Å². The van der Waals surface area contributed by atoms with E-state index in [2.05, 4.69) is 42.8 Å². The average Bonchev–Trinajstić information content (AvgIpc) is 2.90. The first kappa shape index (κ1) is 27.3. The number of hydrogen-bond acceptors (Lipinski definition) is 10. The summed E-state index contributed by atoms with van der Waals surface area (Å²) in [6.07, 6.45) is 7.69. The lowest BCUT2D eigenvalue weighted by atomic mass is 9.96. The van der Waals surface area contributed by atoms with Gasteiger partial charge in [-0.3, -0.25) is 4.79 Å². The Hall–Kier alpha value is -3.28. The fraction of sp³-hybridized carbons (Fsp3) is 0.520. The standard InChI is InChI=1S/C25H38N8O3/c1-2-13-28-23-31-24(29-20-6-4-3-5-7-20)33-25(32-23)30-21-10-8-19(9-11-21)22(34)27-14-16-36-18-17-35-15-12-26/h2,8-11,20H,1,3-7,12-18,26H2,(H,27,34)(H3,28,29,30,31,32,33). The summed E-state index contributed by atoms with van der Waals surface area (Å²) in [6, 6.07) is 7.50. The van der Waals surface area contributed by atoms with Crippen LogP contribution >= 0.6 is 0 Å². The van der Waals surface area contributed by atoms with Gasteiger partial charge in [0.25, 0.3) is 5.91 Å². The third-order valence-corrected chi connectivity index (χ3v) is 5.55. The third kappa shape index (κ3) is 9.76. The molecular formula is C25H38N8O3. The van der Waals surface area contributed by atoms with Gasteiger partial charge in [0.15, 0.2) is 0 Å². The topological polar surface area (TPSA) is 148 Å². The highest BCUT2D eigenvalue weighted by molar-refractivity contribution is 5.94. The zero-order valence-electron chi connectivity index (χ0n) is 20.8. The first-order chi connectivity index (χ1) is 17.7. The van der Waals surface area contributed by atoms with Crippen molar-refractivity contribution in [2.45, 2.75) is 38.1 Å².